The molecule has 1 unspecified atom stereocenters. The van der Waals surface area contributed by atoms with Gasteiger partial charge in [-0.15, -0.1) is 11.3 Å². The number of ether oxygens (including phenoxy) is 2. The second-order valence-corrected chi connectivity index (χ2v) is 14.8. The highest BCUT2D eigenvalue weighted by Gasteiger charge is 2.45. The van der Waals surface area contributed by atoms with E-state index in [1.807, 2.05) is 66.8 Å². The average Bonchev–Trinajstić information content (AvgIpc) is 3.75. The lowest BCUT2D eigenvalue weighted by Gasteiger charge is -2.28. The summed E-state index contributed by atoms with van der Waals surface area (Å²) >= 11 is 14.4. The molecule has 1 N–H and O–H groups in total. The van der Waals surface area contributed by atoms with E-state index in [-0.39, 0.29) is 23.5 Å². The molecule has 274 valence electrons. The number of aliphatic hydroxyl groups excluding tert-OH is 1. The van der Waals surface area contributed by atoms with Crippen LogP contribution in [0.3, 0.4) is 0 Å². The summed E-state index contributed by atoms with van der Waals surface area (Å²) in [6.45, 7) is 6.35. The number of nitriles is 3. The molecule has 54 heavy (non-hydrogen) atoms. The lowest BCUT2D eigenvalue weighted by molar-refractivity contribution is 0.0756. The van der Waals surface area contributed by atoms with Gasteiger partial charge in [-0.3, -0.25) is 0 Å². The Labute approximate surface area is 331 Å². The Morgan fingerprint density at radius 3 is 2.28 bits per heavy atom. The van der Waals surface area contributed by atoms with Crippen LogP contribution in [-0.4, -0.2) is 24.8 Å². The van der Waals surface area contributed by atoms with Crippen LogP contribution < -0.4 is 9.64 Å². The number of hydrogen-bond donors (Lipinski definition) is 1. The number of halogens is 2. The zero-order valence-corrected chi connectivity index (χ0v) is 32.5. The quantitative estimate of drug-likeness (QED) is 0.0890. The molecule has 0 bridgehead atoms. The SMILES string of the molecule is CCCCN(CCCCO)c1ccc(/C=C/c2ccc(/C=C/C3=C(C#N)C(=C(C#N)C#N)OC3(C)c3ccc(Cl)cc3Cl)s2)c(OCc2ccccc2)c1. The van der Waals surface area contributed by atoms with Gasteiger partial charge < -0.3 is 19.5 Å². The molecule has 0 saturated carbocycles. The van der Waals surface area contributed by atoms with Gasteiger partial charge in [-0.1, -0.05) is 79.0 Å². The van der Waals surface area contributed by atoms with Crippen molar-refractivity contribution in [3.8, 4) is 24.0 Å². The molecule has 0 radical (unpaired) electrons. The van der Waals surface area contributed by atoms with Crippen molar-refractivity contribution >= 4 is 58.5 Å². The molecule has 1 atom stereocenters. The van der Waals surface area contributed by atoms with Gasteiger partial charge in [0.05, 0.1) is 0 Å². The largest absolute Gasteiger partial charge is 0.488 e. The van der Waals surface area contributed by atoms with Crippen LogP contribution in [0, 0.1) is 34.0 Å². The van der Waals surface area contributed by atoms with Gasteiger partial charge >= 0.3 is 0 Å². The third-order valence-corrected chi connectivity index (χ3v) is 10.6. The maximum Gasteiger partial charge on any atom is 0.172 e. The minimum atomic E-state index is -1.27. The summed E-state index contributed by atoms with van der Waals surface area (Å²) in [5, 5.41) is 39.6. The molecule has 0 spiro atoms. The normalized spacial score (nSPS) is 15.3. The lowest BCUT2D eigenvalue weighted by Crippen LogP contribution is -2.25. The van der Waals surface area contributed by atoms with Crippen LogP contribution in [0.2, 0.25) is 10.0 Å². The van der Waals surface area contributed by atoms with E-state index in [0.717, 1.165) is 71.1 Å². The summed E-state index contributed by atoms with van der Waals surface area (Å²) in [4.78, 5) is 4.28. The first-order valence-electron chi connectivity index (χ1n) is 17.7. The first-order chi connectivity index (χ1) is 26.2. The molecule has 7 nitrogen and oxygen atoms in total. The molecule has 0 fully saturated rings. The Morgan fingerprint density at radius 1 is 0.889 bits per heavy atom. The van der Waals surface area contributed by atoms with Crippen LogP contribution in [0.4, 0.5) is 5.69 Å². The standard InChI is InChI=1S/C44H40Cl2N4O3S/c1-3-4-22-50(23-8-9-24-51)35-15-12-32(42(26-35)52-30-31-10-6-5-7-11-31)13-16-36-17-18-37(54-36)19-21-39-38(29-49)43(33(27-47)28-48)53-44(39,2)40-20-14-34(45)25-41(40)46/h5-7,10-21,25-26,51H,3-4,8-9,22-24,30H2,1-2H3/b16-13+,21-19+. The average molecular weight is 776 g/mol. The van der Waals surface area contributed by atoms with Crippen molar-refractivity contribution in [2.24, 2.45) is 0 Å². The molecular weight excluding hydrogens is 735 g/mol. The number of allylic oxidation sites excluding steroid dienone is 2. The Balaban J connectivity index is 1.45. The second-order valence-electron chi connectivity index (χ2n) is 12.8. The number of thiophene rings is 1. The molecule has 2 heterocycles. The highest BCUT2D eigenvalue weighted by Crippen LogP contribution is 2.49. The van der Waals surface area contributed by atoms with Gasteiger partial charge in [-0.25, -0.2) is 0 Å². The summed E-state index contributed by atoms with van der Waals surface area (Å²) in [6.07, 6.45) is 11.6. The van der Waals surface area contributed by atoms with Crippen LogP contribution >= 0.6 is 34.5 Å². The zero-order chi connectivity index (χ0) is 38.5. The van der Waals surface area contributed by atoms with Crippen molar-refractivity contribution in [1.29, 1.82) is 15.8 Å². The minimum Gasteiger partial charge on any atom is -0.488 e. The molecule has 0 saturated heterocycles. The molecule has 1 aliphatic rings. The van der Waals surface area contributed by atoms with Crippen molar-refractivity contribution in [3.63, 3.8) is 0 Å². The number of nitrogens with zero attached hydrogens (tertiary/aromatic N) is 4. The summed E-state index contributed by atoms with van der Waals surface area (Å²) in [5.41, 5.74) is 2.62. The molecular formula is C44H40Cl2N4O3S. The van der Waals surface area contributed by atoms with Crippen molar-refractivity contribution in [1.82, 2.24) is 0 Å². The van der Waals surface area contributed by atoms with Crippen LogP contribution in [0.1, 0.15) is 66.0 Å². The summed E-state index contributed by atoms with van der Waals surface area (Å²) < 4.78 is 12.7. The van der Waals surface area contributed by atoms with E-state index in [0.29, 0.717) is 27.8 Å². The van der Waals surface area contributed by atoms with Crippen LogP contribution in [0.15, 0.2) is 107 Å². The van der Waals surface area contributed by atoms with E-state index in [2.05, 4.69) is 42.2 Å². The molecule has 0 aliphatic carbocycles. The number of hydrogen-bond acceptors (Lipinski definition) is 8. The van der Waals surface area contributed by atoms with Gasteiger partial charge in [-0.05, 0) is 86.4 Å². The second kappa shape index (κ2) is 19.2. The number of benzene rings is 3. The third-order valence-electron chi connectivity index (χ3n) is 9.03. The zero-order valence-electron chi connectivity index (χ0n) is 30.2. The number of anilines is 1. The van der Waals surface area contributed by atoms with Gasteiger partial charge in [0.1, 0.15) is 36.1 Å². The summed E-state index contributed by atoms with van der Waals surface area (Å²) in [7, 11) is 0. The fourth-order valence-corrected chi connectivity index (χ4v) is 7.54. The van der Waals surface area contributed by atoms with E-state index < -0.39 is 5.60 Å². The van der Waals surface area contributed by atoms with Gasteiger partial charge in [0, 0.05) is 67.9 Å². The Bertz CT molecular complexity index is 2190. The molecule has 1 aliphatic heterocycles. The predicted octanol–water partition coefficient (Wildman–Crippen LogP) is 11.3. The monoisotopic (exact) mass is 774 g/mol. The van der Waals surface area contributed by atoms with Crippen LogP contribution in [0.25, 0.3) is 18.2 Å². The summed E-state index contributed by atoms with van der Waals surface area (Å²) in [5.74, 6) is 0.698. The predicted molar refractivity (Wildman–Crippen MR) is 219 cm³/mol. The Kier molecular flexibility index (Phi) is 14.2. The molecule has 3 aromatic carbocycles. The van der Waals surface area contributed by atoms with Crippen LogP contribution in [-0.2, 0) is 16.9 Å². The van der Waals surface area contributed by atoms with Gasteiger partial charge in [0.15, 0.2) is 16.9 Å². The highest BCUT2D eigenvalue weighted by atomic mass is 35.5. The van der Waals surface area contributed by atoms with E-state index >= 15 is 0 Å². The first kappa shape index (κ1) is 39.9. The van der Waals surface area contributed by atoms with Crippen LogP contribution in [0.5, 0.6) is 5.75 Å². The van der Waals surface area contributed by atoms with Crippen molar-refractivity contribution in [3.05, 3.63) is 144 Å². The first-order valence-corrected chi connectivity index (χ1v) is 19.3. The lowest BCUT2D eigenvalue weighted by atomic mass is 9.86. The molecule has 5 rings (SSSR count). The van der Waals surface area contributed by atoms with Crippen molar-refractivity contribution in [2.45, 2.75) is 51.7 Å². The number of unbranched alkanes of at least 4 members (excludes halogenated alkanes) is 2. The maximum absolute atomic E-state index is 10.2. The van der Waals surface area contributed by atoms with Crippen molar-refractivity contribution in [2.75, 3.05) is 24.6 Å². The molecule has 4 aromatic rings. The Morgan fingerprint density at radius 2 is 1.61 bits per heavy atom. The van der Waals surface area contributed by atoms with Crippen molar-refractivity contribution < 1.29 is 14.6 Å². The van der Waals surface area contributed by atoms with E-state index in [9.17, 15) is 20.9 Å². The van der Waals surface area contributed by atoms with Gasteiger partial charge in [-0.2, -0.15) is 15.8 Å². The third kappa shape index (κ3) is 9.63. The fraction of sp³-hybridized carbons (Fsp3) is 0.250. The van der Waals surface area contributed by atoms with E-state index in [4.69, 9.17) is 32.7 Å². The number of rotatable bonds is 16. The summed E-state index contributed by atoms with van der Waals surface area (Å²) in [6, 6.07) is 31.2. The molecule has 0 amide bonds. The van der Waals surface area contributed by atoms with E-state index in [1.165, 1.54) is 0 Å². The fourth-order valence-electron chi connectivity index (χ4n) is 6.14. The van der Waals surface area contributed by atoms with Gasteiger partial charge in [0.25, 0.3) is 0 Å². The minimum absolute atomic E-state index is 0.0829. The smallest absolute Gasteiger partial charge is 0.172 e. The van der Waals surface area contributed by atoms with E-state index in [1.54, 1.807) is 42.5 Å². The molecule has 10 heteroatoms. The number of aliphatic hydroxyl groups is 1. The van der Waals surface area contributed by atoms with Gasteiger partial charge in [0.2, 0.25) is 0 Å². The topological polar surface area (TPSA) is 113 Å². The highest BCUT2D eigenvalue weighted by molar-refractivity contribution is 7.13. The molecule has 1 aromatic heterocycles. The maximum atomic E-state index is 10.2. The Hall–Kier alpha value is -5.27.